The second kappa shape index (κ2) is 8.56. The van der Waals surface area contributed by atoms with E-state index < -0.39 is 23.5 Å². The van der Waals surface area contributed by atoms with E-state index >= 15 is 0 Å². The average Bonchev–Trinajstić information content (AvgIpc) is 3.04. The van der Waals surface area contributed by atoms with Crippen molar-refractivity contribution in [2.75, 3.05) is 10.6 Å². The van der Waals surface area contributed by atoms with Crippen LogP contribution in [0.1, 0.15) is 42.2 Å². The molecule has 3 atom stereocenters. The van der Waals surface area contributed by atoms with Gasteiger partial charge in [-0.05, 0) is 48.1 Å². The Morgan fingerprint density at radius 1 is 1.18 bits per heavy atom. The molecule has 0 saturated heterocycles. The molecule has 1 amide bonds. The number of hydrogen-bond donors (Lipinski definition) is 1. The summed E-state index contributed by atoms with van der Waals surface area (Å²) < 4.78 is 27.8. The summed E-state index contributed by atoms with van der Waals surface area (Å²) in [5.74, 6) is -1.65. The maximum Gasteiger partial charge on any atom is 0.240 e. The van der Waals surface area contributed by atoms with Crippen LogP contribution in [0, 0.1) is 5.92 Å². The number of nitrogens with zero attached hydrogens (tertiary/aromatic N) is 3. The number of amides is 1. The Kier molecular flexibility index (Phi) is 5.58. The Labute approximate surface area is 195 Å². The number of allylic oxidation sites excluding steroid dienone is 8. The number of nitrogen functional groups attached to an aromatic ring is 1. The van der Waals surface area contributed by atoms with Crippen molar-refractivity contribution < 1.29 is 13.6 Å². The van der Waals surface area contributed by atoms with Crippen molar-refractivity contribution in [2.45, 2.75) is 31.1 Å². The van der Waals surface area contributed by atoms with E-state index in [1.807, 2.05) is 30.4 Å². The van der Waals surface area contributed by atoms with Crippen molar-refractivity contribution in [3.8, 4) is 0 Å². The lowest BCUT2D eigenvalue weighted by atomic mass is 9.84. The topological polar surface area (TPSA) is 72.1 Å². The average molecular weight is 467 g/mol. The summed E-state index contributed by atoms with van der Waals surface area (Å²) >= 11 is 6.24. The van der Waals surface area contributed by atoms with Gasteiger partial charge in [-0.2, -0.15) is 0 Å². The van der Waals surface area contributed by atoms with Gasteiger partial charge in [0, 0.05) is 23.4 Å². The van der Waals surface area contributed by atoms with Crippen molar-refractivity contribution in [1.82, 2.24) is 9.97 Å². The molecule has 0 saturated carbocycles. The van der Waals surface area contributed by atoms with Gasteiger partial charge in [0.15, 0.2) is 5.82 Å². The maximum absolute atomic E-state index is 13.9. The van der Waals surface area contributed by atoms with Gasteiger partial charge < -0.3 is 5.73 Å². The second-order valence-electron chi connectivity index (χ2n) is 8.50. The molecule has 5 nitrogen and oxygen atoms in total. The van der Waals surface area contributed by atoms with Crippen LogP contribution in [0.2, 0.25) is 0 Å². The fourth-order valence-electron chi connectivity index (χ4n) is 4.72. The van der Waals surface area contributed by atoms with Gasteiger partial charge in [0.1, 0.15) is 17.5 Å². The largest absolute Gasteiger partial charge is 0.382 e. The Hall–Kier alpha value is -3.32. The molecular weight excluding hydrogens is 446 g/mol. The molecule has 2 heterocycles. The maximum atomic E-state index is 13.9. The molecule has 1 aromatic carbocycles. The van der Waals surface area contributed by atoms with Crippen molar-refractivity contribution in [1.29, 1.82) is 0 Å². The minimum absolute atomic E-state index is 0.0691. The number of carbonyl (C=O) groups is 1. The van der Waals surface area contributed by atoms with E-state index in [0.717, 1.165) is 22.2 Å². The predicted molar refractivity (Wildman–Crippen MR) is 124 cm³/mol. The van der Waals surface area contributed by atoms with Gasteiger partial charge in [0.2, 0.25) is 5.91 Å². The molecule has 1 aliphatic heterocycles. The first kappa shape index (κ1) is 21.5. The second-order valence-corrected chi connectivity index (χ2v) is 8.98. The van der Waals surface area contributed by atoms with E-state index in [1.54, 1.807) is 0 Å². The summed E-state index contributed by atoms with van der Waals surface area (Å²) in [5, 5.41) is 0.763. The quantitative estimate of drug-likeness (QED) is 0.590. The van der Waals surface area contributed by atoms with Crippen LogP contribution in [0.15, 0.2) is 77.7 Å². The molecule has 0 fully saturated rings. The molecule has 0 radical (unpaired) electrons. The Balaban J connectivity index is 1.54. The van der Waals surface area contributed by atoms with Crippen LogP contribution in [0.25, 0.3) is 0 Å². The minimum Gasteiger partial charge on any atom is -0.382 e. The molecule has 0 spiro atoms. The number of halogens is 3. The number of rotatable bonds is 4. The Morgan fingerprint density at radius 3 is 2.76 bits per heavy atom. The normalized spacial score (nSPS) is 24.3. The van der Waals surface area contributed by atoms with Gasteiger partial charge in [-0.25, -0.2) is 18.7 Å². The van der Waals surface area contributed by atoms with Crippen molar-refractivity contribution in [3.05, 3.63) is 88.8 Å². The smallest absolute Gasteiger partial charge is 0.240 e. The van der Waals surface area contributed by atoms with Crippen LogP contribution >= 0.6 is 11.6 Å². The van der Waals surface area contributed by atoms with Crippen LogP contribution in [-0.4, -0.2) is 15.9 Å². The third-order valence-electron chi connectivity index (χ3n) is 6.22. The van der Waals surface area contributed by atoms with Crippen LogP contribution in [0.3, 0.4) is 0 Å². The Morgan fingerprint density at radius 2 is 2.03 bits per heavy atom. The van der Waals surface area contributed by atoms with Crippen LogP contribution in [-0.2, 0) is 4.79 Å². The first-order valence-corrected chi connectivity index (χ1v) is 11.1. The summed E-state index contributed by atoms with van der Waals surface area (Å²) in [4.78, 5) is 23.4. The molecule has 3 aliphatic rings. The molecule has 5 rings (SSSR count). The van der Waals surface area contributed by atoms with Gasteiger partial charge >= 0.3 is 0 Å². The standard InChI is InChI=1S/C25H21ClF2N4O/c26-17-3-1-2-15(9-17)16-4-5-22-20(10-16)21(8-14-6-18(27)11-19(28)7-14)25(33)32(22)24-13-30-23(29)12-31-24/h1-6,10-15,21H,7-9H2,(H2,29,30). The van der Waals surface area contributed by atoms with E-state index in [4.69, 9.17) is 17.3 Å². The lowest BCUT2D eigenvalue weighted by Crippen LogP contribution is -2.26. The zero-order chi connectivity index (χ0) is 23.1. The highest BCUT2D eigenvalue weighted by molar-refractivity contribution is 6.29. The third kappa shape index (κ3) is 4.20. The van der Waals surface area contributed by atoms with E-state index in [1.165, 1.54) is 23.4 Å². The lowest BCUT2D eigenvalue weighted by Gasteiger charge is -2.20. The fraction of sp³-hybridized carbons (Fsp3) is 0.240. The highest BCUT2D eigenvalue weighted by atomic mass is 35.5. The van der Waals surface area contributed by atoms with Crippen molar-refractivity contribution >= 4 is 34.8 Å². The fourth-order valence-corrected chi connectivity index (χ4v) is 4.96. The number of fused-ring (bicyclic) bond motifs is 1. The highest BCUT2D eigenvalue weighted by Crippen LogP contribution is 2.47. The molecule has 0 bridgehead atoms. The number of anilines is 3. The molecule has 2 aliphatic carbocycles. The molecule has 8 heteroatoms. The molecular formula is C25H21ClF2N4O. The lowest BCUT2D eigenvalue weighted by molar-refractivity contribution is -0.119. The number of aromatic nitrogens is 2. The van der Waals surface area contributed by atoms with E-state index in [9.17, 15) is 13.6 Å². The molecule has 33 heavy (non-hydrogen) atoms. The summed E-state index contributed by atoms with van der Waals surface area (Å²) in [6.07, 6.45) is 12.0. The first-order valence-electron chi connectivity index (χ1n) is 10.7. The van der Waals surface area contributed by atoms with Crippen molar-refractivity contribution in [3.63, 3.8) is 0 Å². The SMILES string of the molecule is Nc1cnc(N2C(=O)C(CC3C=C(F)C=C(F)C3)c3cc(C4C=CC=C(Cl)C4)ccc32)cn1. The summed E-state index contributed by atoms with van der Waals surface area (Å²) in [7, 11) is 0. The zero-order valence-corrected chi connectivity index (χ0v) is 18.3. The predicted octanol–water partition coefficient (Wildman–Crippen LogP) is 6.10. The highest BCUT2D eigenvalue weighted by Gasteiger charge is 2.40. The van der Waals surface area contributed by atoms with Crippen LogP contribution in [0.4, 0.5) is 26.1 Å². The summed E-state index contributed by atoms with van der Waals surface area (Å²) in [5.41, 5.74) is 8.18. The summed E-state index contributed by atoms with van der Waals surface area (Å²) in [6.45, 7) is 0. The van der Waals surface area contributed by atoms with Crippen LogP contribution in [0.5, 0.6) is 0 Å². The van der Waals surface area contributed by atoms with E-state index in [-0.39, 0.29) is 30.5 Å². The van der Waals surface area contributed by atoms with Crippen molar-refractivity contribution in [2.24, 2.45) is 5.92 Å². The number of hydrogen-bond acceptors (Lipinski definition) is 4. The molecule has 2 aromatic rings. The molecule has 1 aromatic heterocycles. The molecule has 2 N–H and O–H groups in total. The van der Waals surface area contributed by atoms with Gasteiger partial charge in [-0.3, -0.25) is 9.69 Å². The van der Waals surface area contributed by atoms with Gasteiger partial charge in [-0.15, -0.1) is 0 Å². The summed E-state index contributed by atoms with van der Waals surface area (Å²) in [6, 6.07) is 5.86. The number of benzene rings is 1. The molecule has 168 valence electrons. The van der Waals surface area contributed by atoms with E-state index in [0.29, 0.717) is 17.9 Å². The number of nitrogens with two attached hydrogens (primary N) is 1. The van der Waals surface area contributed by atoms with Gasteiger partial charge in [0.25, 0.3) is 0 Å². The monoisotopic (exact) mass is 466 g/mol. The third-order valence-corrected chi connectivity index (χ3v) is 6.50. The Bertz CT molecular complexity index is 1240. The van der Waals surface area contributed by atoms with Gasteiger partial charge in [-0.1, -0.05) is 35.9 Å². The number of carbonyl (C=O) groups excluding carboxylic acids is 1. The van der Waals surface area contributed by atoms with Crippen LogP contribution < -0.4 is 10.6 Å². The molecule has 3 unspecified atom stereocenters. The zero-order valence-electron chi connectivity index (χ0n) is 17.6. The minimum atomic E-state index is -0.613. The van der Waals surface area contributed by atoms with Gasteiger partial charge in [0.05, 0.1) is 24.0 Å². The van der Waals surface area contributed by atoms with E-state index in [2.05, 4.69) is 16.0 Å². The first-order chi connectivity index (χ1) is 15.9.